The van der Waals surface area contributed by atoms with E-state index in [0.29, 0.717) is 5.56 Å². The van der Waals surface area contributed by atoms with Gasteiger partial charge in [-0.2, -0.15) is 0 Å². The van der Waals surface area contributed by atoms with Gasteiger partial charge in [-0.25, -0.2) is 4.79 Å². The summed E-state index contributed by atoms with van der Waals surface area (Å²) in [6.07, 6.45) is 3.00. The number of rotatable bonds is 4. The predicted octanol–water partition coefficient (Wildman–Crippen LogP) is 0.657. The molecule has 3 rings (SSSR count). The van der Waals surface area contributed by atoms with Gasteiger partial charge in [0.1, 0.15) is 5.54 Å². The molecule has 8 nitrogen and oxygen atoms in total. The highest BCUT2D eigenvalue weighted by molar-refractivity contribution is 6.06. The van der Waals surface area contributed by atoms with Gasteiger partial charge in [-0.05, 0) is 56.4 Å². The second-order valence-electron chi connectivity index (χ2n) is 7.10. The molecule has 138 valence electrons. The first-order chi connectivity index (χ1) is 12.3. The summed E-state index contributed by atoms with van der Waals surface area (Å²) in [5.41, 5.74) is 6.64. The van der Waals surface area contributed by atoms with Crippen molar-refractivity contribution in [2.75, 3.05) is 6.54 Å². The Morgan fingerprint density at radius 2 is 1.88 bits per heavy atom. The van der Waals surface area contributed by atoms with Crippen molar-refractivity contribution in [2.24, 2.45) is 0 Å². The Morgan fingerprint density at radius 3 is 2.58 bits per heavy atom. The molecular weight excluding hydrogens is 336 g/mol. The minimum Gasteiger partial charge on any atom is -0.324 e. The molecule has 0 aromatic heterocycles. The zero-order valence-corrected chi connectivity index (χ0v) is 14.8. The van der Waals surface area contributed by atoms with Crippen LogP contribution < -0.4 is 16.2 Å². The van der Waals surface area contributed by atoms with Crippen LogP contribution in [0.3, 0.4) is 0 Å². The molecule has 26 heavy (non-hydrogen) atoms. The number of hydrogen-bond acceptors (Lipinski definition) is 4. The van der Waals surface area contributed by atoms with Gasteiger partial charge in [0, 0.05) is 18.5 Å². The summed E-state index contributed by atoms with van der Waals surface area (Å²) in [6.45, 7) is 3.16. The Kier molecular flexibility index (Phi) is 4.67. The summed E-state index contributed by atoms with van der Waals surface area (Å²) >= 11 is 0. The maximum atomic E-state index is 12.1. The Bertz CT molecular complexity index is 787. The van der Waals surface area contributed by atoms with Gasteiger partial charge in [-0.3, -0.25) is 30.1 Å². The van der Waals surface area contributed by atoms with Gasteiger partial charge in [0.2, 0.25) is 5.91 Å². The monoisotopic (exact) mass is 358 g/mol. The van der Waals surface area contributed by atoms with E-state index in [9.17, 15) is 19.2 Å². The topological polar surface area (TPSA) is 108 Å². The van der Waals surface area contributed by atoms with Crippen molar-refractivity contribution in [3.63, 3.8) is 0 Å². The third kappa shape index (κ3) is 3.54. The molecule has 0 bridgehead atoms. The number of aryl methyl sites for hydroxylation is 2. The molecule has 1 saturated heterocycles. The van der Waals surface area contributed by atoms with Crippen molar-refractivity contribution in [1.82, 2.24) is 21.1 Å². The number of nitrogens with one attached hydrogen (secondary N) is 3. The fourth-order valence-electron chi connectivity index (χ4n) is 3.21. The third-order valence-corrected chi connectivity index (χ3v) is 4.68. The van der Waals surface area contributed by atoms with Crippen molar-refractivity contribution in [3.8, 4) is 0 Å². The van der Waals surface area contributed by atoms with E-state index in [2.05, 4.69) is 16.2 Å². The average Bonchev–Trinajstić information content (AvgIpc) is 3.13. The smallest absolute Gasteiger partial charge is 0.324 e. The summed E-state index contributed by atoms with van der Waals surface area (Å²) < 4.78 is 0. The number of hydrogen-bond donors (Lipinski definition) is 3. The average molecular weight is 358 g/mol. The van der Waals surface area contributed by atoms with Crippen LogP contribution in [-0.4, -0.2) is 40.7 Å². The van der Waals surface area contributed by atoms with Crippen LogP contribution in [0.2, 0.25) is 0 Å². The number of benzene rings is 1. The molecule has 1 aliphatic carbocycles. The number of carbonyl (C=O) groups excluding carboxylic acids is 4. The van der Waals surface area contributed by atoms with Crippen LogP contribution in [0.5, 0.6) is 0 Å². The van der Waals surface area contributed by atoms with Crippen LogP contribution in [0.25, 0.3) is 0 Å². The summed E-state index contributed by atoms with van der Waals surface area (Å²) in [4.78, 5) is 48.8. The Hall–Kier alpha value is -2.90. The summed E-state index contributed by atoms with van der Waals surface area (Å²) in [6, 6.07) is 5.01. The van der Waals surface area contributed by atoms with Crippen molar-refractivity contribution in [2.45, 2.75) is 45.1 Å². The summed E-state index contributed by atoms with van der Waals surface area (Å²) in [5.74, 6) is -1.26. The highest BCUT2D eigenvalue weighted by Gasteiger charge is 2.43. The summed E-state index contributed by atoms with van der Waals surface area (Å²) in [7, 11) is 0. The first-order valence-corrected chi connectivity index (χ1v) is 8.63. The molecule has 0 atom stereocenters. The molecule has 8 heteroatoms. The molecule has 1 heterocycles. The summed E-state index contributed by atoms with van der Waals surface area (Å²) in [5, 5.41) is 2.54. The minimum atomic E-state index is -0.963. The van der Waals surface area contributed by atoms with Gasteiger partial charge in [0.05, 0.1) is 0 Å². The fourth-order valence-corrected chi connectivity index (χ4v) is 3.21. The zero-order valence-electron chi connectivity index (χ0n) is 14.8. The van der Waals surface area contributed by atoms with Gasteiger partial charge < -0.3 is 5.32 Å². The molecule has 2 aliphatic rings. The van der Waals surface area contributed by atoms with Crippen LogP contribution in [0.4, 0.5) is 4.79 Å². The fraction of sp³-hybridized carbons (Fsp3) is 0.444. The molecule has 3 N–H and O–H groups in total. The van der Waals surface area contributed by atoms with Crippen molar-refractivity contribution in [1.29, 1.82) is 0 Å². The number of imide groups is 1. The van der Waals surface area contributed by atoms with E-state index in [1.165, 1.54) is 11.1 Å². The van der Waals surface area contributed by atoms with Gasteiger partial charge in [0.15, 0.2) is 0 Å². The maximum absolute atomic E-state index is 12.1. The number of urea groups is 1. The molecule has 0 spiro atoms. The molecule has 5 amide bonds. The van der Waals surface area contributed by atoms with Gasteiger partial charge in [-0.1, -0.05) is 6.07 Å². The first kappa shape index (κ1) is 17.9. The second kappa shape index (κ2) is 6.78. The van der Waals surface area contributed by atoms with E-state index in [1.54, 1.807) is 19.9 Å². The molecule has 0 radical (unpaired) electrons. The largest absolute Gasteiger partial charge is 0.325 e. The molecule has 0 unspecified atom stereocenters. The van der Waals surface area contributed by atoms with Crippen LogP contribution in [-0.2, 0) is 22.4 Å². The van der Waals surface area contributed by atoms with Crippen molar-refractivity contribution >= 4 is 23.8 Å². The number of nitrogens with zero attached hydrogens (tertiary/aromatic N) is 1. The van der Waals surface area contributed by atoms with Gasteiger partial charge in [0.25, 0.3) is 11.8 Å². The Labute approximate surface area is 151 Å². The minimum absolute atomic E-state index is 0.0470. The normalized spacial score (nSPS) is 17.7. The number of fused-ring (bicyclic) bond motifs is 1. The van der Waals surface area contributed by atoms with Crippen LogP contribution in [0.1, 0.15) is 48.2 Å². The van der Waals surface area contributed by atoms with Crippen LogP contribution in [0.15, 0.2) is 18.2 Å². The lowest BCUT2D eigenvalue weighted by Gasteiger charge is -2.15. The molecule has 0 saturated carbocycles. The lowest BCUT2D eigenvalue weighted by molar-refractivity contribution is -0.130. The van der Waals surface area contributed by atoms with Crippen molar-refractivity contribution < 1.29 is 19.2 Å². The quantitative estimate of drug-likeness (QED) is 0.543. The maximum Gasteiger partial charge on any atom is 0.325 e. The number of hydrazine groups is 1. The third-order valence-electron chi connectivity index (χ3n) is 4.68. The lowest BCUT2D eigenvalue weighted by atomic mass is 10.1. The molecule has 1 fully saturated rings. The first-order valence-electron chi connectivity index (χ1n) is 8.63. The van der Waals surface area contributed by atoms with E-state index in [4.69, 9.17) is 0 Å². The SMILES string of the molecule is CC1(C)NC(=O)N(CCC(=O)NNC(=O)c2ccc3c(c2)CCC3)C1=O. The van der Waals surface area contributed by atoms with E-state index in [-0.39, 0.29) is 18.9 Å². The highest BCUT2D eigenvalue weighted by atomic mass is 16.2. The number of carbonyl (C=O) groups is 4. The lowest BCUT2D eigenvalue weighted by Crippen LogP contribution is -2.44. The Balaban J connectivity index is 1.48. The van der Waals surface area contributed by atoms with Gasteiger partial charge in [-0.15, -0.1) is 0 Å². The van der Waals surface area contributed by atoms with Crippen molar-refractivity contribution in [3.05, 3.63) is 34.9 Å². The Morgan fingerprint density at radius 1 is 1.15 bits per heavy atom. The standard InChI is InChI=1S/C18H22N4O4/c1-18(2)16(25)22(17(26)19-18)9-8-14(23)20-21-15(24)13-7-6-11-4-3-5-12(11)10-13/h6-7,10H,3-5,8-9H2,1-2H3,(H,19,26)(H,20,23)(H,21,24). The molecular formula is C18H22N4O4. The zero-order chi connectivity index (χ0) is 18.9. The van der Waals surface area contributed by atoms with Crippen LogP contribution >= 0.6 is 0 Å². The van der Waals surface area contributed by atoms with E-state index in [0.717, 1.165) is 24.2 Å². The van der Waals surface area contributed by atoms with Gasteiger partial charge >= 0.3 is 6.03 Å². The second-order valence-corrected chi connectivity index (χ2v) is 7.10. The van der Waals surface area contributed by atoms with Crippen LogP contribution in [0, 0.1) is 0 Å². The van der Waals surface area contributed by atoms with E-state index in [1.807, 2.05) is 12.1 Å². The highest BCUT2D eigenvalue weighted by Crippen LogP contribution is 2.22. The number of amides is 5. The predicted molar refractivity (Wildman–Crippen MR) is 93.0 cm³/mol. The molecule has 1 aliphatic heterocycles. The van der Waals surface area contributed by atoms with E-state index < -0.39 is 23.4 Å². The molecule has 1 aromatic carbocycles. The molecule has 1 aromatic rings. The van der Waals surface area contributed by atoms with E-state index >= 15 is 0 Å².